The first-order valence-corrected chi connectivity index (χ1v) is 5.86. The van der Waals surface area contributed by atoms with E-state index in [4.69, 9.17) is 0 Å². The lowest BCUT2D eigenvalue weighted by molar-refractivity contribution is -0.116. The minimum Gasteiger partial charge on any atom is -0.267 e. The number of carbonyl (C=O) groups excluding carboxylic acids is 1. The molecule has 0 atom stereocenters. The maximum atomic E-state index is 11.6. The number of amides is 1. The van der Waals surface area contributed by atoms with E-state index in [0.29, 0.717) is 5.92 Å². The molecule has 0 saturated heterocycles. The molecule has 1 N–H and O–H groups in total. The summed E-state index contributed by atoms with van der Waals surface area (Å²) in [6.07, 6.45) is 4.26. The molecule has 1 fully saturated rings. The van der Waals surface area contributed by atoms with Crippen LogP contribution in [0.5, 0.6) is 0 Å². The molecule has 4 heteroatoms. The smallest absolute Gasteiger partial charge is 0.267 e. The Morgan fingerprint density at radius 1 is 1.53 bits per heavy atom. The van der Waals surface area contributed by atoms with E-state index in [0.717, 1.165) is 29.0 Å². The van der Waals surface area contributed by atoms with Gasteiger partial charge in [0.1, 0.15) is 0 Å². The van der Waals surface area contributed by atoms with Crippen molar-refractivity contribution < 1.29 is 4.79 Å². The molecule has 76 valence electrons. The highest BCUT2D eigenvalue weighted by Crippen LogP contribution is 2.35. The first-order valence-electron chi connectivity index (χ1n) is 4.98. The second-order valence-corrected chi connectivity index (χ2v) is 4.76. The lowest BCUT2D eigenvalue weighted by Crippen LogP contribution is -2.13. The average Bonchev–Trinajstić information content (AvgIpc) is 2.82. The molecular weight excluding hydrogens is 208 g/mol. The van der Waals surface area contributed by atoms with Crippen molar-refractivity contribution in [1.82, 2.24) is 5.43 Å². The van der Waals surface area contributed by atoms with E-state index in [1.54, 1.807) is 11.3 Å². The van der Waals surface area contributed by atoms with E-state index >= 15 is 0 Å². The van der Waals surface area contributed by atoms with Crippen LogP contribution in [0.25, 0.3) is 6.08 Å². The van der Waals surface area contributed by atoms with Gasteiger partial charge in [-0.25, -0.2) is 5.43 Å². The van der Waals surface area contributed by atoms with Gasteiger partial charge in [0.15, 0.2) is 0 Å². The van der Waals surface area contributed by atoms with Crippen LogP contribution in [0.1, 0.15) is 17.7 Å². The van der Waals surface area contributed by atoms with Crippen molar-refractivity contribution in [3.63, 3.8) is 0 Å². The predicted octanol–water partition coefficient (Wildman–Crippen LogP) is 2.03. The van der Waals surface area contributed by atoms with E-state index in [9.17, 15) is 4.79 Å². The van der Waals surface area contributed by atoms with Crippen LogP contribution >= 0.6 is 11.3 Å². The Hall–Kier alpha value is -1.42. The highest BCUT2D eigenvalue weighted by atomic mass is 32.1. The van der Waals surface area contributed by atoms with Gasteiger partial charge in [-0.05, 0) is 30.4 Å². The van der Waals surface area contributed by atoms with E-state index in [1.807, 2.05) is 23.6 Å². The average molecular weight is 218 g/mol. The number of hydrogen-bond donors (Lipinski definition) is 1. The first-order chi connectivity index (χ1) is 7.34. The Morgan fingerprint density at radius 2 is 2.40 bits per heavy atom. The summed E-state index contributed by atoms with van der Waals surface area (Å²) in [5.74, 6) is 0.445. The van der Waals surface area contributed by atoms with Crippen molar-refractivity contribution in [1.29, 1.82) is 0 Å². The molecular formula is C11H10N2OS. The number of hydrazone groups is 1. The minimum atomic E-state index is -0.0645. The second kappa shape index (κ2) is 3.31. The SMILES string of the molecule is O=C1NN=C(C2CC2)/C1=C\c1cccs1. The van der Waals surface area contributed by atoms with E-state index in [-0.39, 0.29) is 5.91 Å². The standard InChI is InChI=1S/C11H10N2OS/c14-11-9(6-8-2-1-5-15-8)10(12-13-11)7-3-4-7/h1-2,5-7H,3-4H2,(H,13,14)/b9-6+. The Labute approximate surface area is 91.5 Å². The fourth-order valence-electron chi connectivity index (χ4n) is 1.67. The molecule has 0 unspecified atom stereocenters. The summed E-state index contributed by atoms with van der Waals surface area (Å²) in [5.41, 5.74) is 4.24. The number of rotatable bonds is 2. The molecule has 0 radical (unpaired) electrons. The maximum Gasteiger partial charge on any atom is 0.273 e. The zero-order valence-electron chi connectivity index (χ0n) is 8.06. The molecule has 3 nitrogen and oxygen atoms in total. The van der Waals surface area contributed by atoms with Crippen LogP contribution in [-0.2, 0) is 4.79 Å². The van der Waals surface area contributed by atoms with Crippen LogP contribution in [0.4, 0.5) is 0 Å². The zero-order valence-corrected chi connectivity index (χ0v) is 8.88. The van der Waals surface area contributed by atoms with Crippen molar-refractivity contribution in [3.05, 3.63) is 28.0 Å². The molecule has 1 saturated carbocycles. The summed E-state index contributed by atoms with van der Waals surface area (Å²) in [4.78, 5) is 12.7. The summed E-state index contributed by atoms with van der Waals surface area (Å²) in [7, 11) is 0. The molecule has 1 aliphatic carbocycles. The molecule has 1 aromatic rings. The third-order valence-corrected chi connectivity index (χ3v) is 3.41. The molecule has 2 heterocycles. The van der Waals surface area contributed by atoms with Gasteiger partial charge >= 0.3 is 0 Å². The van der Waals surface area contributed by atoms with Crippen molar-refractivity contribution >= 4 is 29.0 Å². The Morgan fingerprint density at radius 3 is 3.07 bits per heavy atom. The Balaban J connectivity index is 1.95. The van der Waals surface area contributed by atoms with Gasteiger partial charge in [0, 0.05) is 10.8 Å². The first kappa shape index (κ1) is 8.85. The number of carbonyl (C=O) groups is 1. The van der Waals surface area contributed by atoms with E-state index in [2.05, 4.69) is 10.5 Å². The van der Waals surface area contributed by atoms with Crippen molar-refractivity contribution in [3.8, 4) is 0 Å². The van der Waals surface area contributed by atoms with Crippen LogP contribution in [-0.4, -0.2) is 11.6 Å². The number of hydrogen-bond acceptors (Lipinski definition) is 3. The van der Waals surface area contributed by atoms with Crippen LogP contribution in [0.3, 0.4) is 0 Å². The third kappa shape index (κ3) is 1.61. The van der Waals surface area contributed by atoms with Crippen LogP contribution < -0.4 is 5.43 Å². The fourth-order valence-corrected chi connectivity index (χ4v) is 2.33. The maximum absolute atomic E-state index is 11.6. The Bertz CT molecular complexity index is 455. The lowest BCUT2D eigenvalue weighted by Gasteiger charge is -1.96. The summed E-state index contributed by atoms with van der Waals surface area (Å²) >= 11 is 1.63. The van der Waals surface area contributed by atoms with Gasteiger partial charge in [-0.2, -0.15) is 5.10 Å². The van der Waals surface area contributed by atoms with Gasteiger partial charge in [-0.15, -0.1) is 11.3 Å². The second-order valence-electron chi connectivity index (χ2n) is 3.79. The van der Waals surface area contributed by atoms with Gasteiger partial charge in [-0.1, -0.05) is 6.07 Å². The fraction of sp³-hybridized carbons (Fsp3) is 0.273. The van der Waals surface area contributed by atoms with Crippen molar-refractivity contribution in [2.75, 3.05) is 0 Å². The van der Waals surface area contributed by atoms with E-state index in [1.165, 1.54) is 0 Å². The molecule has 0 bridgehead atoms. The van der Waals surface area contributed by atoms with Crippen LogP contribution in [0, 0.1) is 5.92 Å². The number of nitrogens with zero attached hydrogens (tertiary/aromatic N) is 1. The molecule has 0 spiro atoms. The predicted molar refractivity (Wildman–Crippen MR) is 60.6 cm³/mol. The van der Waals surface area contributed by atoms with Crippen molar-refractivity contribution in [2.45, 2.75) is 12.8 Å². The number of nitrogens with one attached hydrogen (secondary N) is 1. The third-order valence-electron chi connectivity index (χ3n) is 2.59. The Kier molecular flexibility index (Phi) is 1.95. The lowest BCUT2D eigenvalue weighted by atomic mass is 10.1. The molecule has 1 aliphatic heterocycles. The highest BCUT2D eigenvalue weighted by molar-refractivity contribution is 7.10. The topological polar surface area (TPSA) is 41.5 Å². The molecule has 1 amide bonds. The van der Waals surface area contributed by atoms with Crippen molar-refractivity contribution in [2.24, 2.45) is 11.0 Å². The largest absolute Gasteiger partial charge is 0.273 e. The van der Waals surface area contributed by atoms with E-state index < -0.39 is 0 Å². The normalized spacial score (nSPS) is 23.1. The molecule has 0 aromatic carbocycles. The van der Waals surface area contributed by atoms with Gasteiger partial charge < -0.3 is 0 Å². The van der Waals surface area contributed by atoms with Gasteiger partial charge in [0.2, 0.25) is 0 Å². The van der Waals surface area contributed by atoms with Crippen LogP contribution in [0.2, 0.25) is 0 Å². The summed E-state index contributed by atoms with van der Waals surface area (Å²) < 4.78 is 0. The quantitative estimate of drug-likeness (QED) is 0.758. The van der Waals surface area contributed by atoms with Gasteiger partial charge in [0.05, 0.1) is 11.3 Å². The minimum absolute atomic E-state index is 0.0645. The zero-order chi connectivity index (χ0) is 10.3. The summed E-state index contributed by atoms with van der Waals surface area (Å²) in [6.45, 7) is 0. The summed E-state index contributed by atoms with van der Waals surface area (Å²) in [5, 5.41) is 6.10. The molecule has 3 rings (SSSR count). The van der Waals surface area contributed by atoms with Crippen LogP contribution in [0.15, 0.2) is 28.2 Å². The highest BCUT2D eigenvalue weighted by Gasteiger charge is 2.35. The monoisotopic (exact) mass is 218 g/mol. The number of thiophene rings is 1. The summed E-state index contributed by atoms with van der Waals surface area (Å²) in [6, 6.07) is 3.99. The van der Waals surface area contributed by atoms with Gasteiger partial charge in [-0.3, -0.25) is 4.79 Å². The van der Waals surface area contributed by atoms with Gasteiger partial charge in [0.25, 0.3) is 5.91 Å². The molecule has 2 aliphatic rings. The molecule has 15 heavy (non-hydrogen) atoms. The molecule has 1 aromatic heterocycles.